The highest BCUT2D eigenvalue weighted by Gasteiger charge is 2.10. The summed E-state index contributed by atoms with van der Waals surface area (Å²) in [5.74, 6) is 0. The van der Waals surface area contributed by atoms with E-state index < -0.39 is 4.92 Å². The minimum atomic E-state index is -0.425. The molecule has 60 valence electrons. The van der Waals surface area contributed by atoms with Crippen molar-refractivity contribution in [3.05, 3.63) is 33.4 Å². The van der Waals surface area contributed by atoms with Crippen LogP contribution in [0, 0.1) is 24.0 Å². The number of nitro benzene ring substituents is 1. The fraction of sp³-hybridized carbons (Fsp3) is 0.250. The van der Waals surface area contributed by atoms with Gasteiger partial charge in [-0.1, -0.05) is 17.1 Å². The van der Waals surface area contributed by atoms with E-state index in [9.17, 15) is 10.1 Å². The molecular weight excluding hydrogens is 153 g/mol. The van der Waals surface area contributed by atoms with E-state index in [1.807, 2.05) is 6.92 Å². The largest absolute Gasteiger partial charge is 0.271 e. The Bertz CT molecular complexity index is 336. The number of nitro groups is 1. The van der Waals surface area contributed by atoms with Crippen LogP contribution in [0.3, 0.4) is 0 Å². The molecule has 0 unspecified atom stereocenters. The Hall–Kier alpha value is -1.32. The van der Waals surface area contributed by atoms with E-state index in [0.29, 0.717) is 11.0 Å². The first-order chi connectivity index (χ1) is 5.52. The molecule has 0 amide bonds. The maximum atomic E-state index is 10.4. The first-order valence-electron chi connectivity index (χ1n) is 3.53. The van der Waals surface area contributed by atoms with Crippen molar-refractivity contribution in [1.29, 1.82) is 0 Å². The quantitative estimate of drug-likeness (QED) is 0.350. The summed E-state index contributed by atoms with van der Waals surface area (Å²) in [4.78, 5) is 10.0. The third-order valence-electron chi connectivity index (χ3n) is 1.78. The molecule has 0 bridgehead atoms. The standard InChI is InChI=1S/C8H8BNO2/c1-5-3-6(2)8(10(11)12)4-7(5)9/h3-4H,1-2H3. The van der Waals surface area contributed by atoms with Gasteiger partial charge in [0.25, 0.3) is 5.69 Å². The zero-order chi connectivity index (χ0) is 9.30. The summed E-state index contributed by atoms with van der Waals surface area (Å²) in [5.41, 5.74) is 2.07. The van der Waals surface area contributed by atoms with Crippen LogP contribution in [0.5, 0.6) is 0 Å². The molecule has 0 saturated heterocycles. The van der Waals surface area contributed by atoms with E-state index in [2.05, 4.69) is 0 Å². The molecule has 12 heavy (non-hydrogen) atoms. The second-order valence-electron chi connectivity index (χ2n) is 2.75. The van der Waals surface area contributed by atoms with E-state index in [1.165, 1.54) is 6.07 Å². The van der Waals surface area contributed by atoms with Gasteiger partial charge in [-0.25, -0.2) is 0 Å². The number of benzene rings is 1. The van der Waals surface area contributed by atoms with Crippen LogP contribution in [0.15, 0.2) is 12.1 Å². The molecule has 4 heteroatoms. The number of nitrogens with zero attached hydrogens (tertiary/aromatic N) is 1. The van der Waals surface area contributed by atoms with Gasteiger partial charge in [-0.3, -0.25) is 10.1 Å². The Kier molecular flexibility index (Phi) is 2.17. The van der Waals surface area contributed by atoms with Crippen LogP contribution in [-0.4, -0.2) is 12.8 Å². The van der Waals surface area contributed by atoms with E-state index in [4.69, 9.17) is 7.85 Å². The lowest BCUT2D eigenvalue weighted by atomic mass is 9.89. The first-order valence-corrected chi connectivity index (χ1v) is 3.53. The molecule has 0 aromatic heterocycles. The SMILES string of the molecule is [B]c1cc([N+](=O)[O-])c(C)cc1C. The predicted molar refractivity (Wildman–Crippen MR) is 48.0 cm³/mol. The number of hydrogen-bond donors (Lipinski definition) is 0. The van der Waals surface area contributed by atoms with E-state index in [1.54, 1.807) is 13.0 Å². The van der Waals surface area contributed by atoms with Crippen LogP contribution in [0.1, 0.15) is 11.1 Å². The van der Waals surface area contributed by atoms with Gasteiger partial charge in [-0.2, -0.15) is 0 Å². The summed E-state index contributed by atoms with van der Waals surface area (Å²) in [6, 6.07) is 3.11. The lowest BCUT2D eigenvalue weighted by Crippen LogP contribution is -2.09. The van der Waals surface area contributed by atoms with Crippen molar-refractivity contribution in [2.75, 3.05) is 0 Å². The Balaban J connectivity index is 3.33. The highest BCUT2D eigenvalue weighted by Crippen LogP contribution is 2.16. The van der Waals surface area contributed by atoms with Gasteiger partial charge < -0.3 is 0 Å². The maximum absolute atomic E-state index is 10.4. The molecule has 0 spiro atoms. The fourth-order valence-corrected chi connectivity index (χ4v) is 1.05. The second-order valence-corrected chi connectivity index (χ2v) is 2.75. The Morgan fingerprint density at radius 3 is 2.42 bits per heavy atom. The van der Waals surface area contributed by atoms with E-state index in [0.717, 1.165) is 5.56 Å². The molecule has 0 fully saturated rings. The van der Waals surface area contributed by atoms with E-state index in [-0.39, 0.29) is 5.69 Å². The number of aryl methyl sites for hydroxylation is 2. The van der Waals surface area contributed by atoms with E-state index >= 15 is 0 Å². The minimum absolute atomic E-state index is 0.0816. The highest BCUT2D eigenvalue weighted by atomic mass is 16.6. The smallest absolute Gasteiger partial charge is 0.258 e. The number of rotatable bonds is 1. The molecule has 0 heterocycles. The first kappa shape index (κ1) is 8.78. The zero-order valence-electron chi connectivity index (χ0n) is 7.00. The van der Waals surface area contributed by atoms with Crippen LogP contribution < -0.4 is 5.46 Å². The number of hydrogen-bond acceptors (Lipinski definition) is 2. The monoisotopic (exact) mass is 161 g/mol. The average Bonchev–Trinajstić information content (AvgIpc) is 1.96. The summed E-state index contributed by atoms with van der Waals surface area (Å²) in [6.07, 6.45) is 0. The maximum Gasteiger partial charge on any atom is 0.271 e. The Labute approximate surface area is 72.0 Å². The summed E-state index contributed by atoms with van der Waals surface area (Å²) in [5, 5.41) is 10.4. The van der Waals surface area contributed by atoms with Crippen molar-refractivity contribution < 1.29 is 4.92 Å². The Morgan fingerprint density at radius 2 is 1.92 bits per heavy atom. The van der Waals surface area contributed by atoms with Gasteiger partial charge in [-0.05, 0) is 13.8 Å². The molecule has 0 saturated carbocycles. The van der Waals surface area contributed by atoms with Gasteiger partial charge in [0.05, 0.1) is 4.92 Å². The highest BCUT2D eigenvalue weighted by molar-refractivity contribution is 6.33. The molecule has 0 aliphatic carbocycles. The molecule has 3 nitrogen and oxygen atoms in total. The lowest BCUT2D eigenvalue weighted by molar-refractivity contribution is -0.385. The molecule has 0 N–H and O–H groups in total. The summed E-state index contributed by atoms with van der Waals surface area (Å²) in [6.45, 7) is 3.52. The molecule has 0 atom stereocenters. The van der Waals surface area contributed by atoms with Crippen molar-refractivity contribution in [3.8, 4) is 0 Å². The normalized spacial score (nSPS) is 9.83. The van der Waals surface area contributed by atoms with Crippen LogP contribution in [0.2, 0.25) is 0 Å². The average molecular weight is 161 g/mol. The summed E-state index contributed by atoms with van der Waals surface area (Å²) >= 11 is 0. The van der Waals surface area contributed by atoms with Gasteiger partial charge in [0, 0.05) is 11.6 Å². The molecule has 1 aromatic rings. The second kappa shape index (κ2) is 2.97. The van der Waals surface area contributed by atoms with Gasteiger partial charge in [0.1, 0.15) is 7.85 Å². The van der Waals surface area contributed by atoms with Crippen molar-refractivity contribution in [1.82, 2.24) is 0 Å². The van der Waals surface area contributed by atoms with Crippen molar-refractivity contribution >= 4 is 19.0 Å². The fourth-order valence-electron chi connectivity index (χ4n) is 1.05. The van der Waals surface area contributed by atoms with Gasteiger partial charge >= 0.3 is 0 Å². The van der Waals surface area contributed by atoms with Crippen LogP contribution >= 0.6 is 0 Å². The molecular formula is C8H8BNO2. The molecule has 1 rings (SSSR count). The molecule has 2 radical (unpaired) electrons. The predicted octanol–water partition coefficient (Wildman–Crippen LogP) is 1.01. The van der Waals surface area contributed by atoms with Gasteiger partial charge in [0.15, 0.2) is 0 Å². The third-order valence-corrected chi connectivity index (χ3v) is 1.78. The Morgan fingerprint density at radius 1 is 1.33 bits per heavy atom. The van der Waals surface area contributed by atoms with Crippen LogP contribution in [-0.2, 0) is 0 Å². The van der Waals surface area contributed by atoms with Gasteiger partial charge in [-0.15, -0.1) is 0 Å². The zero-order valence-corrected chi connectivity index (χ0v) is 7.00. The summed E-state index contributed by atoms with van der Waals surface area (Å²) < 4.78 is 0. The molecule has 0 aliphatic heterocycles. The lowest BCUT2D eigenvalue weighted by Gasteiger charge is -2.02. The van der Waals surface area contributed by atoms with Gasteiger partial charge in [0.2, 0.25) is 0 Å². The molecule has 1 aromatic carbocycles. The van der Waals surface area contributed by atoms with Crippen molar-refractivity contribution in [3.63, 3.8) is 0 Å². The minimum Gasteiger partial charge on any atom is -0.258 e. The molecule has 0 aliphatic rings. The van der Waals surface area contributed by atoms with Crippen molar-refractivity contribution in [2.45, 2.75) is 13.8 Å². The third kappa shape index (κ3) is 1.47. The summed E-state index contributed by atoms with van der Waals surface area (Å²) in [7, 11) is 5.52. The van der Waals surface area contributed by atoms with Crippen LogP contribution in [0.4, 0.5) is 5.69 Å². The van der Waals surface area contributed by atoms with Crippen LogP contribution in [0.25, 0.3) is 0 Å². The topological polar surface area (TPSA) is 43.1 Å². The van der Waals surface area contributed by atoms with Crippen molar-refractivity contribution in [2.24, 2.45) is 0 Å².